The zero-order valence-electron chi connectivity index (χ0n) is 18.6. The van der Waals surface area contributed by atoms with Crippen molar-refractivity contribution in [2.45, 2.75) is 20.0 Å². The third-order valence-corrected chi connectivity index (χ3v) is 5.72. The molecule has 3 aromatic heterocycles. The highest BCUT2D eigenvalue weighted by Crippen LogP contribution is 2.28. The summed E-state index contributed by atoms with van der Waals surface area (Å²) < 4.78 is 11.8. The Bertz CT molecular complexity index is 1490. The third-order valence-electron chi connectivity index (χ3n) is 5.72. The summed E-state index contributed by atoms with van der Waals surface area (Å²) in [6.45, 7) is 2.33. The Morgan fingerprint density at radius 1 is 0.941 bits per heavy atom. The van der Waals surface area contributed by atoms with E-state index in [9.17, 15) is 9.59 Å². The first-order chi connectivity index (χ1) is 16.6. The zero-order valence-corrected chi connectivity index (χ0v) is 18.6. The topological polar surface area (TPSA) is 76.6 Å². The summed E-state index contributed by atoms with van der Waals surface area (Å²) in [7, 11) is 0. The van der Waals surface area contributed by atoms with Crippen molar-refractivity contribution in [1.82, 2.24) is 9.88 Å². The lowest BCUT2D eigenvalue weighted by Gasteiger charge is -2.22. The number of carbonyl (C=O) groups excluding carboxylic acids is 1. The van der Waals surface area contributed by atoms with Crippen LogP contribution in [0.2, 0.25) is 0 Å². The number of benzene rings is 2. The van der Waals surface area contributed by atoms with E-state index < -0.39 is 0 Å². The van der Waals surface area contributed by atoms with Crippen molar-refractivity contribution in [1.29, 1.82) is 0 Å². The monoisotopic (exact) mass is 450 g/mol. The lowest BCUT2D eigenvalue weighted by Crippen LogP contribution is -2.30. The molecule has 0 aliphatic rings. The second-order valence-corrected chi connectivity index (χ2v) is 8.04. The number of rotatable bonds is 6. The summed E-state index contributed by atoms with van der Waals surface area (Å²) >= 11 is 0. The van der Waals surface area contributed by atoms with E-state index in [1.54, 1.807) is 54.7 Å². The molecule has 0 saturated carbocycles. The second kappa shape index (κ2) is 9.19. The van der Waals surface area contributed by atoms with Gasteiger partial charge < -0.3 is 13.7 Å². The average Bonchev–Trinajstić information content (AvgIpc) is 3.39. The first kappa shape index (κ1) is 21.4. The number of hydrogen-bond donors (Lipinski definition) is 0. The quantitative estimate of drug-likeness (QED) is 0.337. The smallest absolute Gasteiger partial charge is 0.258 e. The van der Waals surface area contributed by atoms with Gasteiger partial charge in [0.15, 0.2) is 11.0 Å². The van der Waals surface area contributed by atoms with Crippen LogP contribution in [-0.2, 0) is 13.1 Å². The van der Waals surface area contributed by atoms with E-state index in [4.69, 9.17) is 8.83 Å². The number of hydrogen-bond acceptors (Lipinski definition) is 5. The van der Waals surface area contributed by atoms with Crippen LogP contribution < -0.4 is 5.43 Å². The largest absolute Gasteiger partial charge is 0.467 e. The van der Waals surface area contributed by atoms with E-state index >= 15 is 0 Å². The van der Waals surface area contributed by atoms with Crippen LogP contribution in [0, 0.1) is 6.92 Å². The van der Waals surface area contributed by atoms with Gasteiger partial charge in [-0.15, -0.1) is 0 Å². The molecule has 2 aromatic carbocycles. The van der Waals surface area contributed by atoms with Gasteiger partial charge in [0, 0.05) is 30.1 Å². The molecule has 6 nitrogen and oxygen atoms in total. The number of para-hydroxylation sites is 1. The minimum absolute atomic E-state index is 0.153. The van der Waals surface area contributed by atoms with Gasteiger partial charge in [-0.05, 0) is 42.8 Å². The van der Waals surface area contributed by atoms with Crippen LogP contribution in [0.4, 0.5) is 0 Å². The number of aromatic nitrogens is 1. The second-order valence-electron chi connectivity index (χ2n) is 8.04. The molecular weight excluding hydrogens is 428 g/mol. The Hall–Kier alpha value is -4.45. The van der Waals surface area contributed by atoms with Crippen LogP contribution >= 0.6 is 0 Å². The molecule has 34 heavy (non-hydrogen) atoms. The summed E-state index contributed by atoms with van der Waals surface area (Å²) in [6.07, 6.45) is 4.99. The van der Waals surface area contributed by atoms with Crippen molar-refractivity contribution in [3.8, 4) is 11.3 Å². The third kappa shape index (κ3) is 4.13. The number of nitrogens with zero attached hydrogens (tertiary/aromatic N) is 2. The molecule has 5 rings (SSSR count). The van der Waals surface area contributed by atoms with Gasteiger partial charge in [0.1, 0.15) is 11.5 Å². The maximum absolute atomic E-state index is 13.8. The van der Waals surface area contributed by atoms with Crippen molar-refractivity contribution < 1.29 is 13.6 Å². The summed E-state index contributed by atoms with van der Waals surface area (Å²) in [5, 5.41) is 0.377. The maximum Gasteiger partial charge on any atom is 0.258 e. The van der Waals surface area contributed by atoms with E-state index in [1.165, 1.54) is 0 Å². The first-order valence-electron chi connectivity index (χ1n) is 10.9. The Labute approximate surface area is 196 Å². The Morgan fingerprint density at radius 2 is 1.79 bits per heavy atom. The van der Waals surface area contributed by atoms with E-state index in [-0.39, 0.29) is 23.5 Å². The number of amides is 1. The summed E-state index contributed by atoms with van der Waals surface area (Å²) in [4.78, 5) is 32.9. The van der Waals surface area contributed by atoms with Gasteiger partial charge in [-0.25, -0.2) is 0 Å². The molecule has 1 amide bonds. The predicted molar refractivity (Wildman–Crippen MR) is 129 cm³/mol. The summed E-state index contributed by atoms with van der Waals surface area (Å²) in [5.41, 5.74) is 2.61. The van der Waals surface area contributed by atoms with Crippen LogP contribution in [0.25, 0.3) is 22.3 Å². The SMILES string of the molecule is Cc1c(-c2ccccc2)oc2c(C(=O)N(Cc3cccnc3)Cc3ccco3)cccc2c1=O. The maximum atomic E-state index is 13.8. The predicted octanol–water partition coefficient (Wildman–Crippen LogP) is 5.60. The molecule has 0 bridgehead atoms. The van der Waals surface area contributed by atoms with E-state index in [0.717, 1.165) is 11.1 Å². The minimum Gasteiger partial charge on any atom is -0.467 e. The standard InChI is InChI=1S/C28H22N2O4/c1-19-25(31)23-12-5-13-24(27(23)34-26(19)21-9-3-2-4-10-21)28(32)30(18-22-11-7-15-33-22)17-20-8-6-14-29-16-20/h2-16H,17-18H2,1H3. The normalized spacial score (nSPS) is 11.0. The van der Waals surface area contributed by atoms with Gasteiger partial charge >= 0.3 is 0 Å². The fourth-order valence-corrected chi connectivity index (χ4v) is 4.02. The van der Waals surface area contributed by atoms with Crippen LogP contribution in [0.15, 0.2) is 105 Å². The number of fused-ring (bicyclic) bond motifs is 1. The van der Waals surface area contributed by atoms with Gasteiger partial charge in [-0.2, -0.15) is 0 Å². The van der Waals surface area contributed by atoms with Crippen LogP contribution in [0.1, 0.15) is 27.2 Å². The molecule has 0 aliphatic heterocycles. The van der Waals surface area contributed by atoms with Gasteiger partial charge in [0.05, 0.1) is 23.8 Å². The molecule has 0 atom stereocenters. The molecule has 0 spiro atoms. The molecular formula is C28H22N2O4. The molecule has 6 heteroatoms. The summed E-state index contributed by atoms with van der Waals surface area (Å²) in [6, 6.07) is 21.9. The highest BCUT2D eigenvalue weighted by atomic mass is 16.3. The minimum atomic E-state index is -0.267. The van der Waals surface area contributed by atoms with Crippen molar-refractivity contribution in [3.05, 3.63) is 124 Å². The highest BCUT2D eigenvalue weighted by molar-refractivity contribution is 6.05. The fourth-order valence-electron chi connectivity index (χ4n) is 4.02. The first-order valence-corrected chi connectivity index (χ1v) is 10.9. The fraction of sp³-hybridized carbons (Fsp3) is 0.107. The number of carbonyl (C=O) groups is 1. The van der Waals surface area contributed by atoms with Crippen LogP contribution in [0.3, 0.4) is 0 Å². The molecule has 0 radical (unpaired) electrons. The average molecular weight is 450 g/mol. The molecule has 5 aromatic rings. The Kier molecular flexibility index (Phi) is 5.79. The Balaban J connectivity index is 1.63. The van der Waals surface area contributed by atoms with E-state index in [0.29, 0.717) is 34.6 Å². The van der Waals surface area contributed by atoms with Crippen LogP contribution in [-0.4, -0.2) is 15.8 Å². The zero-order chi connectivity index (χ0) is 23.5. The van der Waals surface area contributed by atoms with Crippen LogP contribution in [0.5, 0.6) is 0 Å². The van der Waals surface area contributed by atoms with Crippen molar-refractivity contribution in [2.75, 3.05) is 0 Å². The molecule has 0 saturated heterocycles. The molecule has 0 fully saturated rings. The molecule has 0 aliphatic carbocycles. The summed E-state index contributed by atoms with van der Waals surface area (Å²) in [5.74, 6) is 0.847. The van der Waals surface area contributed by atoms with Gasteiger partial charge in [0.2, 0.25) is 0 Å². The number of furan rings is 1. The van der Waals surface area contributed by atoms with Gasteiger partial charge in [0.25, 0.3) is 5.91 Å². The van der Waals surface area contributed by atoms with E-state index in [1.807, 2.05) is 48.5 Å². The molecule has 0 unspecified atom stereocenters. The van der Waals surface area contributed by atoms with E-state index in [2.05, 4.69) is 4.98 Å². The Morgan fingerprint density at radius 3 is 2.53 bits per heavy atom. The number of pyridine rings is 1. The highest BCUT2D eigenvalue weighted by Gasteiger charge is 2.23. The molecule has 3 heterocycles. The van der Waals surface area contributed by atoms with Gasteiger partial charge in [-0.1, -0.05) is 42.5 Å². The van der Waals surface area contributed by atoms with Crippen molar-refractivity contribution >= 4 is 16.9 Å². The lowest BCUT2D eigenvalue weighted by molar-refractivity contribution is 0.0718. The van der Waals surface area contributed by atoms with Crippen molar-refractivity contribution in [2.24, 2.45) is 0 Å². The van der Waals surface area contributed by atoms with Gasteiger partial charge in [-0.3, -0.25) is 14.6 Å². The molecule has 168 valence electrons. The lowest BCUT2D eigenvalue weighted by atomic mass is 10.0. The van der Waals surface area contributed by atoms with Crippen molar-refractivity contribution in [3.63, 3.8) is 0 Å². The molecule has 0 N–H and O–H groups in total.